The number of rotatable bonds is 4. The number of hydrogen-bond acceptors (Lipinski definition) is 5. The minimum atomic E-state index is 0.132. The van der Waals surface area contributed by atoms with Crippen LogP contribution in [0.1, 0.15) is 36.1 Å². The second-order valence-electron chi connectivity index (χ2n) is 7.20. The third-order valence-electron chi connectivity index (χ3n) is 5.15. The predicted molar refractivity (Wildman–Crippen MR) is 104 cm³/mol. The Balaban J connectivity index is 1.23. The summed E-state index contributed by atoms with van der Waals surface area (Å²) in [6, 6.07) is 10.1. The van der Waals surface area contributed by atoms with Crippen molar-refractivity contribution in [2.45, 2.75) is 38.1 Å². The third kappa shape index (κ3) is 3.51. The van der Waals surface area contributed by atoms with Crippen LogP contribution in [0, 0.1) is 0 Å². The van der Waals surface area contributed by atoms with Gasteiger partial charge in [-0.2, -0.15) is 5.10 Å². The number of nitrogens with zero attached hydrogens (tertiary/aromatic N) is 5. The van der Waals surface area contributed by atoms with E-state index in [0.29, 0.717) is 25.4 Å². The third-order valence-corrected chi connectivity index (χ3v) is 6.09. The molecule has 7 heteroatoms. The van der Waals surface area contributed by atoms with E-state index >= 15 is 0 Å². The average Bonchev–Trinajstić information content (AvgIpc) is 3.37. The zero-order chi connectivity index (χ0) is 18.2. The summed E-state index contributed by atoms with van der Waals surface area (Å²) in [5, 5.41) is 7.60. The highest BCUT2D eigenvalue weighted by molar-refractivity contribution is 7.13. The lowest BCUT2D eigenvalue weighted by Crippen LogP contribution is -2.35. The molecule has 0 saturated heterocycles. The van der Waals surface area contributed by atoms with Crippen LogP contribution in [0.4, 0.5) is 0 Å². The lowest BCUT2D eigenvalue weighted by atomic mass is 10.2. The average molecular weight is 379 g/mol. The number of carbonyl (C=O) groups is 1. The van der Waals surface area contributed by atoms with Crippen molar-refractivity contribution in [1.82, 2.24) is 24.6 Å². The Morgan fingerprint density at radius 3 is 2.78 bits per heavy atom. The normalized spacial score (nSPS) is 16.8. The first-order valence-electron chi connectivity index (χ1n) is 9.47. The van der Waals surface area contributed by atoms with Gasteiger partial charge in [-0.3, -0.25) is 4.79 Å². The van der Waals surface area contributed by atoms with Crippen molar-refractivity contribution in [3.05, 3.63) is 53.1 Å². The SMILES string of the molecule is O=C(Cc1csc(-c2ccccc2)n1)N1CCc2nc(C3CC3)nn2CC1. The molecule has 0 N–H and O–H groups in total. The molecule has 0 atom stereocenters. The largest absolute Gasteiger partial charge is 0.340 e. The molecule has 1 aliphatic heterocycles. The summed E-state index contributed by atoms with van der Waals surface area (Å²) in [4.78, 5) is 24.0. The zero-order valence-corrected chi connectivity index (χ0v) is 15.9. The van der Waals surface area contributed by atoms with Crippen molar-refractivity contribution < 1.29 is 4.79 Å². The highest BCUT2D eigenvalue weighted by Crippen LogP contribution is 2.38. The van der Waals surface area contributed by atoms with Crippen molar-refractivity contribution in [3.8, 4) is 10.6 Å². The van der Waals surface area contributed by atoms with Crippen LogP contribution in [-0.2, 0) is 24.2 Å². The van der Waals surface area contributed by atoms with E-state index in [9.17, 15) is 4.79 Å². The van der Waals surface area contributed by atoms with Gasteiger partial charge >= 0.3 is 0 Å². The van der Waals surface area contributed by atoms with Crippen molar-refractivity contribution in [3.63, 3.8) is 0 Å². The Kier molecular flexibility index (Phi) is 4.24. The highest BCUT2D eigenvalue weighted by Gasteiger charge is 2.30. The second-order valence-corrected chi connectivity index (χ2v) is 8.06. The summed E-state index contributed by atoms with van der Waals surface area (Å²) in [5.74, 6) is 2.73. The number of amides is 1. The maximum absolute atomic E-state index is 12.8. The van der Waals surface area contributed by atoms with Gasteiger partial charge in [0.05, 0.1) is 18.7 Å². The number of fused-ring (bicyclic) bond motifs is 1. The molecule has 0 spiro atoms. The summed E-state index contributed by atoms with van der Waals surface area (Å²) in [6.07, 6.45) is 3.56. The van der Waals surface area contributed by atoms with Crippen LogP contribution in [0.15, 0.2) is 35.7 Å². The van der Waals surface area contributed by atoms with Crippen LogP contribution in [0.2, 0.25) is 0 Å². The molecule has 27 heavy (non-hydrogen) atoms. The van der Waals surface area contributed by atoms with E-state index < -0.39 is 0 Å². The molecule has 1 amide bonds. The van der Waals surface area contributed by atoms with Crippen LogP contribution in [-0.4, -0.2) is 43.6 Å². The first-order valence-corrected chi connectivity index (χ1v) is 10.4. The smallest absolute Gasteiger partial charge is 0.228 e. The van der Waals surface area contributed by atoms with E-state index in [-0.39, 0.29) is 5.91 Å². The van der Waals surface area contributed by atoms with Gasteiger partial charge in [0.15, 0.2) is 5.82 Å². The van der Waals surface area contributed by atoms with E-state index in [1.807, 2.05) is 45.3 Å². The minimum Gasteiger partial charge on any atom is -0.340 e. The molecule has 1 aliphatic carbocycles. The van der Waals surface area contributed by atoms with Gasteiger partial charge in [0.25, 0.3) is 0 Å². The highest BCUT2D eigenvalue weighted by atomic mass is 32.1. The molecule has 6 nitrogen and oxygen atoms in total. The molecule has 0 bridgehead atoms. The number of hydrogen-bond donors (Lipinski definition) is 0. The van der Waals surface area contributed by atoms with E-state index in [1.165, 1.54) is 12.8 Å². The molecule has 2 aliphatic rings. The fourth-order valence-corrected chi connectivity index (χ4v) is 4.28. The molecule has 3 heterocycles. The van der Waals surface area contributed by atoms with Gasteiger partial charge < -0.3 is 4.90 Å². The second kappa shape index (κ2) is 6.88. The van der Waals surface area contributed by atoms with Crippen molar-refractivity contribution in [1.29, 1.82) is 0 Å². The number of carbonyl (C=O) groups excluding carboxylic acids is 1. The van der Waals surface area contributed by atoms with Gasteiger partial charge in [-0.05, 0) is 12.8 Å². The summed E-state index contributed by atoms with van der Waals surface area (Å²) in [5.41, 5.74) is 1.94. The molecular weight excluding hydrogens is 358 g/mol. The molecule has 0 unspecified atom stereocenters. The van der Waals surface area contributed by atoms with Gasteiger partial charge in [0, 0.05) is 36.4 Å². The molecule has 3 aromatic rings. The van der Waals surface area contributed by atoms with E-state index in [4.69, 9.17) is 4.98 Å². The van der Waals surface area contributed by atoms with Gasteiger partial charge in [0.2, 0.25) is 5.91 Å². The first-order chi connectivity index (χ1) is 13.3. The van der Waals surface area contributed by atoms with Crippen molar-refractivity contribution in [2.75, 3.05) is 13.1 Å². The number of benzene rings is 1. The Labute approximate surface area is 161 Å². The maximum atomic E-state index is 12.8. The molecule has 5 rings (SSSR count). The van der Waals surface area contributed by atoms with Crippen LogP contribution in [0.5, 0.6) is 0 Å². The van der Waals surface area contributed by atoms with Gasteiger partial charge in [-0.1, -0.05) is 30.3 Å². The molecular formula is C20H21N5OS. The quantitative estimate of drug-likeness (QED) is 0.699. The maximum Gasteiger partial charge on any atom is 0.228 e. The molecule has 0 radical (unpaired) electrons. The lowest BCUT2D eigenvalue weighted by molar-refractivity contribution is -0.130. The number of thiazole rings is 1. The standard InChI is InChI=1S/C20H21N5OS/c26-18(12-16-13-27-20(21-16)15-4-2-1-3-5-15)24-9-8-17-22-19(14-6-7-14)23-25(17)11-10-24/h1-5,13-14H,6-12H2. The van der Waals surface area contributed by atoms with Crippen molar-refractivity contribution >= 4 is 17.2 Å². The van der Waals surface area contributed by atoms with E-state index in [1.54, 1.807) is 11.3 Å². The summed E-state index contributed by atoms with van der Waals surface area (Å²) < 4.78 is 2.00. The molecule has 1 aromatic carbocycles. The first kappa shape index (κ1) is 16.6. The Hall–Kier alpha value is -2.54. The monoisotopic (exact) mass is 379 g/mol. The van der Waals surface area contributed by atoms with Crippen LogP contribution in [0.3, 0.4) is 0 Å². The van der Waals surface area contributed by atoms with Crippen LogP contribution < -0.4 is 0 Å². The predicted octanol–water partition coefficient (Wildman–Crippen LogP) is 2.91. The number of aromatic nitrogens is 4. The fraction of sp³-hybridized carbons (Fsp3) is 0.400. The van der Waals surface area contributed by atoms with Crippen LogP contribution in [0.25, 0.3) is 10.6 Å². The summed E-state index contributed by atoms with van der Waals surface area (Å²) >= 11 is 1.59. The molecule has 2 aromatic heterocycles. The lowest BCUT2D eigenvalue weighted by Gasteiger charge is -2.19. The van der Waals surface area contributed by atoms with Gasteiger partial charge in [0.1, 0.15) is 10.8 Å². The van der Waals surface area contributed by atoms with Crippen LogP contribution >= 0.6 is 11.3 Å². The fourth-order valence-electron chi connectivity index (χ4n) is 3.45. The zero-order valence-electron chi connectivity index (χ0n) is 15.0. The van der Waals surface area contributed by atoms with Gasteiger partial charge in [-0.15, -0.1) is 11.3 Å². The van der Waals surface area contributed by atoms with E-state index in [0.717, 1.165) is 40.9 Å². The summed E-state index contributed by atoms with van der Waals surface area (Å²) in [6.45, 7) is 2.12. The molecule has 1 fully saturated rings. The minimum absolute atomic E-state index is 0.132. The van der Waals surface area contributed by atoms with Gasteiger partial charge in [-0.25, -0.2) is 14.6 Å². The molecule has 138 valence electrons. The topological polar surface area (TPSA) is 63.9 Å². The summed E-state index contributed by atoms with van der Waals surface area (Å²) in [7, 11) is 0. The van der Waals surface area contributed by atoms with Crippen molar-refractivity contribution in [2.24, 2.45) is 0 Å². The Morgan fingerprint density at radius 1 is 1.11 bits per heavy atom. The Morgan fingerprint density at radius 2 is 1.96 bits per heavy atom. The van der Waals surface area contributed by atoms with E-state index in [2.05, 4.69) is 10.1 Å². The molecule has 1 saturated carbocycles. The Bertz CT molecular complexity index is 934.